The molecule has 0 atom stereocenters. The molecule has 2 heterocycles. The number of aromatic nitrogens is 2. The fourth-order valence-corrected chi connectivity index (χ4v) is 1.61. The maximum Gasteiger partial charge on any atom is 0.226 e. The summed E-state index contributed by atoms with van der Waals surface area (Å²) in [5, 5.41) is 0. The van der Waals surface area contributed by atoms with Gasteiger partial charge in [-0.2, -0.15) is 0 Å². The molecule has 0 radical (unpaired) electrons. The summed E-state index contributed by atoms with van der Waals surface area (Å²) >= 11 is 0. The first-order valence-corrected chi connectivity index (χ1v) is 5.12. The number of nitrogens with zero attached hydrogens (tertiary/aromatic N) is 3. The Labute approximate surface area is 89.3 Å². The molecule has 5 nitrogen and oxygen atoms in total. The zero-order valence-corrected chi connectivity index (χ0v) is 9.16. The van der Waals surface area contributed by atoms with Gasteiger partial charge < -0.3 is 15.4 Å². The lowest BCUT2D eigenvalue weighted by atomic mass is 10.3. The van der Waals surface area contributed by atoms with Crippen LogP contribution in [0.1, 0.15) is 11.4 Å². The van der Waals surface area contributed by atoms with E-state index in [0.29, 0.717) is 5.69 Å². The molecule has 1 aliphatic rings. The van der Waals surface area contributed by atoms with Crippen LogP contribution in [-0.4, -0.2) is 36.3 Å². The molecule has 2 N–H and O–H groups in total. The van der Waals surface area contributed by atoms with Gasteiger partial charge in [0, 0.05) is 13.1 Å². The van der Waals surface area contributed by atoms with Crippen molar-refractivity contribution in [2.75, 3.05) is 36.9 Å². The number of rotatable bonds is 1. The fourth-order valence-electron chi connectivity index (χ4n) is 1.61. The van der Waals surface area contributed by atoms with Gasteiger partial charge in [-0.3, -0.25) is 0 Å². The van der Waals surface area contributed by atoms with Gasteiger partial charge in [-0.25, -0.2) is 9.97 Å². The highest BCUT2D eigenvalue weighted by atomic mass is 16.5. The molecule has 1 fully saturated rings. The molecule has 1 aromatic rings. The minimum atomic E-state index is 0.687. The van der Waals surface area contributed by atoms with Gasteiger partial charge in [0.2, 0.25) is 5.95 Å². The van der Waals surface area contributed by atoms with Gasteiger partial charge in [-0.15, -0.1) is 0 Å². The van der Waals surface area contributed by atoms with Crippen molar-refractivity contribution in [1.82, 2.24) is 9.97 Å². The number of hydrogen-bond donors (Lipinski definition) is 1. The highest BCUT2D eigenvalue weighted by Crippen LogP contribution is 2.17. The number of anilines is 2. The summed E-state index contributed by atoms with van der Waals surface area (Å²) in [6.07, 6.45) is 0. The maximum atomic E-state index is 5.81. The third-order valence-electron chi connectivity index (χ3n) is 2.61. The molecule has 1 saturated heterocycles. The second-order valence-electron chi connectivity index (χ2n) is 3.71. The molecule has 15 heavy (non-hydrogen) atoms. The smallest absolute Gasteiger partial charge is 0.226 e. The minimum absolute atomic E-state index is 0.687. The Hall–Kier alpha value is -1.36. The standard InChI is InChI=1S/C10H16N4O/c1-7-9(11)8(2)13-10(12-7)14-3-5-15-6-4-14/h3-6,11H2,1-2H3. The predicted molar refractivity (Wildman–Crippen MR) is 59.0 cm³/mol. The van der Waals surface area contributed by atoms with Crippen LogP contribution in [0.2, 0.25) is 0 Å². The van der Waals surface area contributed by atoms with E-state index in [1.807, 2.05) is 13.8 Å². The topological polar surface area (TPSA) is 64.3 Å². The zero-order chi connectivity index (χ0) is 10.8. The molecule has 2 rings (SSSR count). The van der Waals surface area contributed by atoms with E-state index in [2.05, 4.69) is 14.9 Å². The Balaban J connectivity index is 2.27. The molecule has 1 aliphatic heterocycles. The normalized spacial score (nSPS) is 16.8. The van der Waals surface area contributed by atoms with Gasteiger partial charge in [0.15, 0.2) is 0 Å². The van der Waals surface area contributed by atoms with Crippen LogP contribution in [0.5, 0.6) is 0 Å². The molecule has 0 amide bonds. The highest BCUT2D eigenvalue weighted by Gasteiger charge is 2.15. The summed E-state index contributed by atoms with van der Waals surface area (Å²) in [4.78, 5) is 10.9. The Bertz CT molecular complexity index is 337. The lowest BCUT2D eigenvalue weighted by Gasteiger charge is -2.27. The van der Waals surface area contributed by atoms with Gasteiger partial charge in [0.05, 0.1) is 30.3 Å². The molecule has 1 aromatic heterocycles. The lowest BCUT2D eigenvalue weighted by Crippen LogP contribution is -2.37. The Morgan fingerprint density at radius 1 is 1.13 bits per heavy atom. The maximum absolute atomic E-state index is 5.81. The van der Waals surface area contributed by atoms with E-state index in [4.69, 9.17) is 10.5 Å². The van der Waals surface area contributed by atoms with E-state index < -0.39 is 0 Å². The first-order valence-electron chi connectivity index (χ1n) is 5.12. The average Bonchev–Trinajstić information content (AvgIpc) is 2.26. The molecule has 5 heteroatoms. The Morgan fingerprint density at radius 2 is 1.67 bits per heavy atom. The van der Waals surface area contributed by atoms with E-state index in [-0.39, 0.29) is 0 Å². The summed E-state index contributed by atoms with van der Waals surface area (Å²) < 4.78 is 5.28. The number of ether oxygens (including phenoxy) is 1. The molecule has 0 saturated carbocycles. The predicted octanol–water partition coefficient (Wildman–Crippen LogP) is 0.512. The van der Waals surface area contributed by atoms with E-state index in [1.54, 1.807) is 0 Å². The van der Waals surface area contributed by atoms with Crippen LogP contribution in [0.3, 0.4) is 0 Å². The van der Waals surface area contributed by atoms with E-state index in [9.17, 15) is 0 Å². The van der Waals surface area contributed by atoms with Crippen molar-refractivity contribution in [1.29, 1.82) is 0 Å². The second-order valence-corrected chi connectivity index (χ2v) is 3.71. The fraction of sp³-hybridized carbons (Fsp3) is 0.600. The first-order chi connectivity index (χ1) is 7.18. The summed E-state index contributed by atoms with van der Waals surface area (Å²) in [5.74, 6) is 0.766. The molecule has 82 valence electrons. The van der Waals surface area contributed by atoms with Gasteiger partial charge in [0.25, 0.3) is 0 Å². The van der Waals surface area contributed by atoms with Crippen molar-refractivity contribution in [3.8, 4) is 0 Å². The average molecular weight is 208 g/mol. The van der Waals surface area contributed by atoms with Crippen molar-refractivity contribution in [3.05, 3.63) is 11.4 Å². The van der Waals surface area contributed by atoms with Gasteiger partial charge in [0.1, 0.15) is 0 Å². The van der Waals surface area contributed by atoms with Crippen molar-refractivity contribution >= 4 is 11.6 Å². The summed E-state index contributed by atoms with van der Waals surface area (Å²) in [7, 11) is 0. The largest absolute Gasteiger partial charge is 0.396 e. The van der Waals surface area contributed by atoms with Crippen LogP contribution in [-0.2, 0) is 4.74 Å². The van der Waals surface area contributed by atoms with Gasteiger partial charge >= 0.3 is 0 Å². The van der Waals surface area contributed by atoms with E-state index >= 15 is 0 Å². The summed E-state index contributed by atoms with van der Waals surface area (Å²) in [5.41, 5.74) is 8.20. The monoisotopic (exact) mass is 208 g/mol. The summed E-state index contributed by atoms with van der Waals surface area (Å²) in [6.45, 7) is 7.01. The number of nitrogens with two attached hydrogens (primary N) is 1. The molecule has 0 unspecified atom stereocenters. The Kier molecular flexibility index (Phi) is 2.73. The van der Waals surface area contributed by atoms with E-state index in [1.165, 1.54) is 0 Å². The molecule has 0 spiro atoms. The Morgan fingerprint density at radius 3 is 2.20 bits per heavy atom. The molecular weight excluding hydrogens is 192 g/mol. The molecule has 0 bridgehead atoms. The third-order valence-corrected chi connectivity index (χ3v) is 2.61. The SMILES string of the molecule is Cc1nc(N2CCOCC2)nc(C)c1N. The molecular formula is C10H16N4O. The van der Waals surface area contributed by atoms with Crippen LogP contribution < -0.4 is 10.6 Å². The van der Waals surface area contributed by atoms with Gasteiger partial charge in [-0.05, 0) is 13.8 Å². The van der Waals surface area contributed by atoms with Crippen molar-refractivity contribution in [2.24, 2.45) is 0 Å². The lowest BCUT2D eigenvalue weighted by molar-refractivity contribution is 0.122. The number of hydrogen-bond acceptors (Lipinski definition) is 5. The zero-order valence-electron chi connectivity index (χ0n) is 9.16. The summed E-state index contributed by atoms with van der Waals surface area (Å²) in [6, 6.07) is 0. The van der Waals surface area contributed by atoms with E-state index in [0.717, 1.165) is 43.6 Å². The molecule has 0 aliphatic carbocycles. The second kappa shape index (κ2) is 4.02. The first kappa shape index (κ1) is 10.2. The van der Waals surface area contributed by atoms with Crippen molar-refractivity contribution < 1.29 is 4.74 Å². The van der Waals surface area contributed by atoms with Crippen LogP contribution in [0.15, 0.2) is 0 Å². The molecule has 0 aromatic carbocycles. The van der Waals surface area contributed by atoms with Crippen LogP contribution in [0.4, 0.5) is 11.6 Å². The van der Waals surface area contributed by atoms with Crippen LogP contribution in [0.25, 0.3) is 0 Å². The van der Waals surface area contributed by atoms with Crippen LogP contribution >= 0.6 is 0 Å². The van der Waals surface area contributed by atoms with Crippen molar-refractivity contribution in [2.45, 2.75) is 13.8 Å². The van der Waals surface area contributed by atoms with Crippen molar-refractivity contribution in [3.63, 3.8) is 0 Å². The number of nitrogen functional groups attached to an aromatic ring is 1. The number of aryl methyl sites for hydroxylation is 2. The number of morpholine rings is 1. The van der Waals surface area contributed by atoms with Gasteiger partial charge in [-0.1, -0.05) is 0 Å². The highest BCUT2D eigenvalue weighted by molar-refractivity contribution is 5.50. The third kappa shape index (κ3) is 2.02. The van der Waals surface area contributed by atoms with Crippen LogP contribution in [0, 0.1) is 13.8 Å². The quantitative estimate of drug-likeness (QED) is 0.728. The minimum Gasteiger partial charge on any atom is -0.396 e.